The predicted octanol–water partition coefficient (Wildman–Crippen LogP) is 2.34. The van der Waals surface area contributed by atoms with Crippen LogP contribution in [0.3, 0.4) is 0 Å². The zero-order chi connectivity index (χ0) is 12.9. The van der Waals surface area contributed by atoms with Crippen LogP contribution in [-0.2, 0) is 0 Å². The lowest BCUT2D eigenvalue weighted by Crippen LogP contribution is -1.93. The van der Waals surface area contributed by atoms with E-state index in [0.717, 1.165) is 0 Å². The molecule has 0 spiro atoms. The number of aromatic nitrogens is 2. The topological polar surface area (TPSA) is 102 Å². The van der Waals surface area contributed by atoms with Crippen molar-refractivity contribution in [3.8, 4) is 0 Å². The normalized spacial score (nSPS) is 11.2. The fourth-order valence-corrected chi connectivity index (χ4v) is 2.32. The first-order valence-corrected chi connectivity index (χ1v) is 5.61. The molecule has 1 aromatic carbocycles. The van der Waals surface area contributed by atoms with Gasteiger partial charge < -0.3 is 4.52 Å². The molecule has 8 heteroatoms. The minimum absolute atomic E-state index is 0.0919. The van der Waals surface area contributed by atoms with E-state index < -0.39 is 10.5 Å². The largest absolute Gasteiger partial charge is 0.366 e. The Kier molecular flexibility index (Phi) is 2.20. The first kappa shape index (κ1) is 10.9. The zero-order valence-corrected chi connectivity index (χ0v) is 10.2. The Bertz CT molecular complexity index is 851. The molecule has 2 aromatic heterocycles. The van der Waals surface area contributed by atoms with Crippen LogP contribution in [0.25, 0.3) is 21.8 Å². The summed E-state index contributed by atoms with van der Waals surface area (Å²) < 4.78 is 5.14. The van der Waals surface area contributed by atoms with Crippen LogP contribution in [-0.4, -0.2) is 15.1 Å². The van der Waals surface area contributed by atoms with Crippen LogP contribution in [0.2, 0.25) is 0 Å². The molecule has 3 rings (SSSR count). The monoisotopic (exact) mass is 309 g/mol. The molecular formula is C10H4BrN3O4. The zero-order valence-electron chi connectivity index (χ0n) is 8.64. The highest BCUT2D eigenvalue weighted by atomic mass is 79.9. The van der Waals surface area contributed by atoms with Gasteiger partial charge in [-0.1, -0.05) is 0 Å². The molecule has 2 heterocycles. The molecule has 3 aromatic rings. The van der Waals surface area contributed by atoms with Gasteiger partial charge in [-0.3, -0.25) is 15.1 Å². The molecule has 1 N–H and O–H groups in total. The van der Waals surface area contributed by atoms with Gasteiger partial charge in [0.2, 0.25) is 0 Å². The van der Waals surface area contributed by atoms with Gasteiger partial charge >= 0.3 is 5.63 Å². The first-order chi connectivity index (χ1) is 8.58. The molecule has 0 bridgehead atoms. The summed E-state index contributed by atoms with van der Waals surface area (Å²) >= 11 is 3.22. The summed E-state index contributed by atoms with van der Waals surface area (Å²) in [6, 6.07) is 2.71. The lowest BCUT2D eigenvalue weighted by atomic mass is 10.1. The number of non-ortho nitro benzene ring substituents is 1. The highest BCUT2D eigenvalue weighted by Gasteiger charge is 2.15. The van der Waals surface area contributed by atoms with Gasteiger partial charge in [0, 0.05) is 23.7 Å². The number of pyridine rings is 1. The molecule has 0 saturated carbocycles. The Morgan fingerprint density at radius 3 is 2.89 bits per heavy atom. The third-order valence-corrected chi connectivity index (χ3v) is 3.19. The summed E-state index contributed by atoms with van der Waals surface area (Å²) in [6.45, 7) is 0. The molecule has 0 fully saturated rings. The Balaban J connectivity index is 2.55. The van der Waals surface area contributed by atoms with Crippen molar-refractivity contribution in [2.75, 3.05) is 0 Å². The quantitative estimate of drug-likeness (QED) is 0.549. The second-order valence-electron chi connectivity index (χ2n) is 3.62. The number of nitrogens with one attached hydrogen (secondary N) is 1. The predicted molar refractivity (Wildman–Crippen MR) is 66.5 cm³/mol. The van der Waals surface area contributed by atoms with E-state index in [4.69, 9.17) is 0 Å². The molecule has 90 valence electrons. The number of nitrogens with zero attached hydrogens (tertiary/aromatic N) is 2. The Hall–Kier alpha value is -2.22. The molecule has 7 nitrogen and oxygen atoms in total. The summed E-state index contributed by atoms with van der Waals surface area (Å²) in [5.41, 5.74) is 0.271. The minimum Gasteiger partial charge on any atom is -0.338 e. The summed E-state index contributed by atoms with van der Waals surface area (Å²) in [4.78, 5) is 25.7. The Morgan fingerprint density at radius 1 is 1.39 bits per heavy atom. The molecule has 0 unspecified atom stereocenters. The highest BCUT2D eigenvalue weighted by Crippen LogP contribution is 2.31. The van der Waals surface area contributed by atoms with Crippen LogP contribution in [0.15, 0.2) is 32.1 Å². The number of nitro groups is 1. The highest BCUT2D eigenvalue weighted by molar-refractivity contribution is 9.10. The third kappa shape index (κ3) is 1.42. The number of H-pyrrole nitrogens is 1. The van der Waals surface area contributed by atoms with E-state index in [1.54, 1.807) is 0 Å². The maximum absolute atomic E-state index is 11.3. The van der Waals surface area contributed by atoms with Crippen LogP contribution in [0.4, 0.5) is 5.69 Å². The van der Waals surface area contributed by atoms with E-state index >= 15 is 0 Å². The van der Waals surface area contributed by atoms with E-state index in [-0.39, 0.29) is 11.1 Å². The number of fused-ring (bicyclic) bond motifs is 3. The van der Waals surface area contributed by atoms with Crippen molar-refractivity contribution < 1.29 is 9.45 Å². The van der Waals surface area contributed by atoms with E-state index in [9.17, 15) is 14.9 Å². The smallest absolute Gasteiger partial charge is 0.338 e. The lowest BCUT2D eigenvalue weighted by molar-refractivity contribution is -0.384. The van der Waals surface area contributed by atoms with Gasteiger partial charge in [-0.2, -0.15) is 0 Å². The van der Waals surface area contributed by atoms with Gasteiger partial charge in [-0.25, -0.2) is 9.95 Å². The maximum atomic E-state index is 11.3. The summed E-state index contributed by atoms with van der Waals surface area (Å²) in [6.07, 6.45) is 1.37. The van der Waals surface area contributed by atoms with Crippen molar-refractivity contribution in [1.82, 2.24) is 10.1 Å². The number of hydrogen-bond acceptors (Lipinski definition) is 5. The number of hydrogen-bond donors (Lipinski definition) is 1. The van der Waals surface area contributed by atoms with Gasteiger partial charge in [0.25, 0.3) is 5.69 Å². The number of rotatable bonds is 1. The van der Waals surface area contributed by atoms with Gasteiger partial charge in [-0.05, 0) is 15.9 Å². The lowest BCUT2D eigenvalue weighted by Gasteiger charge is -2.00. The fraction of sp³-hybridized carbons (Fsp3) is 0. The first-order valence-electron chi connectivity index (χ1n) is 4.82. The fourth-order valence-electron chi connectivity index (χ4n) is 1.77. The summed E-state index contributed by atoms with van der Waals surface area (Å²) in [5.74, 6) is 0. The van der Waals surface area contributed by atoms with Crippen LogP contribution in [0.5, 0.6) is 0 Å². The van der Waals surface area contributed by atoms with Gasteiger partial charge in [0.1, 0.15) is 5.39 Å². The molecule has 0 amide bonds. The number of benzene rings is 1. The Labute approximate surface area is 107 Å². The van der Waals surface area contributed by atoms with E-state index in [0.29, 0.717) is 20.9 Å². The van der Waals surface area contributed by atoms with Crippen molar-refractivity contribution >= 4 is 43.4 Å². The Morgan fingerprint density at radius 2 is 2.17 bits per heavy atom. The van der Waals surface area contributed by atoms with Crippen molar-refractivity contribution in [2.24, 2.45) is 0 Å². The van der Waals surface area contributed by atoms with Crippen LogP contribution < -0.4 is 5.63 Å². The van der Waals surface area contributed by atoms with Crippen LogP contribution in [0, 0.1) is 10.1 Å². The van der Waals surface area contributed by atoms with Crippen molar-refractivity contribution in [3.05, 3.63) is 43.3 Å². The number of halogens is 1. The van der Waals surface area contributed by atoms with E-state index in [1.165, 1.54) is 18.3 Å². The minimum atomic E-state index is -0.554. The molecule has 0 aliphatic heterocycles. The number of aromatic amines is 1. The second-order valence-corrected chi connectivity index (χ2v) is 4.47. The standard InChI is InChI=1S/C10H4BrN3O4/c11-7-2-4(14(16)17)1-5-8-6(3-12-9(5)7)10(15)18-13-8/h1-3,13H. The van der Waals surface area contributed by atoms with Crippen molar-refractivity contribution in [3.63, 3.8) is 0 Å². The van der Waals surface area contributed by atoms with Crippen molar-refractivity contribution in [1.29, 1.82) is 0 Å². The summed E-state index contributed by atoms with van der Waals surface area (Å²) in [7, 11) is 0. The van der Waals surface area contributed by atoms with Gasteiger partial charge in [-0.15, -0.1) is 0 Å². The molecule has 0 saturated heterocycles. The van der Waals surface area contributed by atoms with E-state index in [2.05, 4.69) is 30.6 Å². The third-order valence-electron chi connectivity index (χ3n) is 2.59. The van der Waals surface area contributed by atoms with Crippen LogP contribution >= 0.6 is 15.9 Å². The van der Waals surface area contributed by atoms with Gasteiger partial charge in [0.05, 0.1) is 20.4 Å². The average molecular weight is 310 g/mol. The van der Waals surface area contributed by atoms with Crippen LogP contribution in [0.1, 0.15) is 0 Å². The SMILES string of the molecule is O=c1o[nH]c2c1cnc1c(Br)cc([N+](=O)[O-])cc12. The molecule has 0 atom stereocenters. The molecule has 18 heavy (non-hydrogen) atoms. The molecule has 0 radical (unpaired) electrons. The van der Waals surface area contributed by atoms with E-state index in [1.807, 2.05) is 0 Å². The average Bonchev–Trinajstić information content (AvgIpc) is 2.71. The van der Waals surface area contributed by atoms with Crippen molar-refractivity contribution in [2.45, 2.75) is 0 Å². The number of nitro benzene ring substituents is 1. The van der Waals surface area contributed by atoms with Gasteiger partial charge in [0.15, 0.2) is 0 Å². The molecule has 0 aliphatic rings. The molecular weight excluding hydrogens is 306 g/mol. The maximum Gasteiger partial charge on any atom is 0.366 e. The summed E-state index contributed by atoms with van der Waals surface area (Å²) in [5, 5.41) is 14.0. The molecule has 0 aliphatic carbocycles. The second kappa shape index (κ2) is 3.64.